The Hall–Kier alpha value is -6.31. The van der Waals surface area contributed by atoms with Crippen LogP contribution in [0.2, 0.25) is 0 Å². The second-order valence-electron chi connectivity index (χ2n) is 12.7. The molecule has 0 atom stereocenters. The largest absolute Gasteiger partial charge is 0.256 e. The van der Waals surface area contributed by atoms with E-state index in [2.05, 4.69) is 164 Å². The highest BCUT2D eigenvalue weighted by atomic mass is 14.7. The van der Waals surface area contributed by atoms with E-state index in [-0.39, 0.29) is 0 Å². The second-order valence-corrected chi connectivity index (χ2v) is 12.7. The van der Waals surface area contributed by atoms with Crippen molar-refractivity contribution in [3.63, 3.8) is 0 Å². The van der Waals surface area contributed by atoms with E-state index in [1.165, 1.54) is 86.9 Å². The second kappa shape index (κ2) is 10.6. The fraction of sp³-hybridized carbons (Fsp3) is 0. The van der Waals surface area contributed by atoms with Gasteiger partial charge in [0.15, 0.2) is 0 Å². The van der Waals surface area contributed by atoms with Crippen LogP contribution in [-0.4, -0.2) is 4.98 Å². The van der Waals surface area contributed by atoms with Crippen molar-refractivity contribution >= 4 is 64.6 Å². The molecule has 0 radical (unpaired) electrons. The van der Waals surface area contributed by atoms with Gasteiger partial charge in [-0.2, -0.15) is 0 Å². The highest BCUT2D eigenvalue weighted by molar-refractivity contribution is 6.35. The van der Waals surface area contributed by atoms with Crippen molar-refractivity contribution in [2.45, 2.75) is 0 Å². The van der Waals surface area contributed by atoms with Crippen LogP contribution in [0.25, 0.3) is 98.1 Å². The van der Waals surface area contributed by atoms with E-state index in [0.717, 1.165) is 11.3 Å². The molecule has 0 amide bonds. The number of rotatable bonds is 3. The maximum absolute atomic E-state index is 4.70. The zero-order valence-corrected chi connectivity index (χ0v) is 26.2. The van der Waals surface area contributed by atoms with Crippen molar-refractivity contribution in [3.8, 4) is 33.5 Å². The molecule has 1 aromatic heterocycles. The average Bonchev–Trinajstić information content (AvgIpc) is 3.17. The molecule has 0 spiro atoms. The third-order valence-electron chi connectivity index (χ3n) is 10.0. The van der Waals surface area contributed by atoms with Gasteiger partial charge in [0.1, 0.15) is 0 Å². The summed E-state index contributed by atoms with van der Waals surface area (Å²) in [5, 5.41) is 15.2. The lowest BCUT2D eigenvalue weighted by atomic mass is 9.83. The molecule has 0 aliphatic heterocycles. The number of nitrogens with zero attached hydrogens (tertiary/aromatic N) is 1. The molecule has 1 heteroatoms. The summed E-state index contributed by atoms with van der Waals surface area (Å²) < 4.78 is 0. The molecule has 10 rings (SSSR count). The van der Waals surface area contributed by atoms with Gasteiger partial charge in [0.2, 0.25) is 0 Å². The first-order chi connectivity index (χ1) is 23.8. The first kappa shape index (κ1) is 26.9. The number of hydrogen-bond donors (Lipinski definition) is 0. The van der Waals surface area contributed by atoms with Gasteiger partial charge in [-0.1, -0.05) is 140 Å². The van der Waals surface area contributed by atoms with Crippen LogP contribution in [0.3, 0.4) is 0 Å². The first-order valence-corrected chi connectivity index (χ1v) is 16.5. The normalized spacial score (nSPS) is 11.8. The Morgan fingerprint density at radius 1 is 0.292 bits per heavy atom. The number of fused-ring (bicyclic) bond motifs is 10. The van der Waals surface area contributed by atoms with Crippen LogP contribution in [0, 0.1) is 0 Å². The van der Waals surface area contributed by atoms with Crippen LogP contribution >= 0.6 is 0 Å². The fourth-order valence-corrected chi connectivity index (χ4v) is 7.96. The van der Waals surface area contributed by atoms with Crippen molar-refractivity contribution in [3.05, 3.63) is 176 Å². The molecule has 1 heterocycles. The van der Waals surface area contributed by atoms with Crippen molar-refractivity contribution in [2.75, 3.05) is 0 Å². The Bertz CT molecular complexity index is 2850. The van der Waals surface area contributed by atoms with Crippen LogP contribution in [-0.2, 0) is 0 Å². The molecule has 0 fully saturated rings. The number of benzene rings is 9. The molecule has 0 N–H and O–H groups in total. The van der Waals surface area contributed by atoms with Crippen LogP contribution in [0.15, 0.2) is 176 Å². The van der Waals surface area contributed by atoms with Gasteiger partial charge in [0.25, 0.3) is 0 Å². The van der Waals surface area contributed by atoms with E-state index in [4.69, 9.17) is 4.98 Å². The summed E-state index contributed by atoms with van der Waals surface area (Å²) in [7, 11) is 0. The zero-order chi connectivity index (χ0) is 31.6. The Kier molecular flexibility index (Phi) is 5.94. The van der Waals surface area contributed by atoms with E-state index in [1.807, 2.05) is 12.3 Å². The topological polar surface area (TPSA) is 12.9 Å². The molecule has 10 aromatic rings. The standard InChI is InChI=1S/C47H29N/c1-3-14-31(15-4-1)45-36-19-9-10-20-37(36)46(32-16-5-2-6-17-32)43-29-41-40(28-42(43)45)35-24-23-33(44-21-11-12-26-48-44)27-39(35)38-25-22-30-13-7-8-18-34(30)47(38)41/h1-29H. The summed E-state index contributed by atoms with van der Waals surface area (Å²) in [6.45, 7) is 0. The van der Waals surface area contributed by atoms with E-state index < -0.39 is 0 Å². The van der Waals surface area contributed by atoms with E-state index >= 15 is 0 Å². The highest BCUT2D eigenvalue weighted by Crippen LogP contribution is 2.48. The van der Waals surface area contributed by atoms with Gasteiger partial charge in [-0.15, -0.1) is 0 Å². The quantitative estimate of drug-likeness (QED) is 0.144. The molecule has 222 valence electrons. The molecule has 0 bridgehead atoms. The maximum atomic E-state index is 4.70. The SMILES string of the molecule is c1ccc(-c2c3ccccc3c(-c3ccccc3)c3cc4c(cc23)c2ccc(-c3ccccn3)cc2c2ccc3ccccc3c24)cc1. The molecular weight excluding hydrogens is 579 g/mol. The Morgan fingerprint density at radius 2 is 0.854 bits per heavy atom. The van der Waals surface area contributed by atoms with Gasteiger partial charge in [0, 0.05) is 11.8 Å². The summed E-state index contributed by atoms with van der Waals surface area (Å²) in [5.74, 6) is 0. The molecule has 0 aliphatic rings. The van der Waals surface area contributed by atoms with Crippen LogP contribution in [0.1, 0.15) is 0 Å². The predicted octanol–water partition coefficient (Wildman–Crippen LogP) is 13.0. The lowest BCUT2D eigenvalue weighted by Crippen LogP contribution is -1.93. The van der Waals surface area contributed by atoms with Crippen LogP contribution in [0.4, 0.5) is 0 Å². The number of hydrogen-bond acceptors (Lipinski definition) is 1. The molecule has 0 saturated carbocycles. The molecule has 0 unspecified atom stereocenters. The van der Waals surface area contributed by atoms with Gasteiger partial charge >= 0.3 is 0 Å². The van der Waals surface area contributed by atoms with Crippen LogP contribution in [0.5, 0.6) is 0 Å². The lowest BCUT2D eigenvalue weighted by Gasteiger charge is -2.20. The van der Waals surface area contributed by atoms with E-state index in [9.17, 15) is 0 Å². The summed E-state index contributed by atoms with van der Waals surface area (Å²) in [5.41, 5.74) is 7.12. The van der Waals surface area contributed by atoms with Crippen molar-refractivity contribution in [1.82, 2.24) is 4.98 Å². The predicted molar refractivity (Wildman–Crippen MR) is 206 cm³/mol. The number of pyridine rings is 1. The van der Waals surface area contributed by atoms with Crippen LogP contribution < -0.4 is 0 Å². The molecule has 48 heavy (non-hydrogen) atoms. The van der Waals surface area contributed by atoms with Gasteiger partial charge in [-0.3, -0.25) is 4.98 Å². The Morgan fingerprint density at radius 3 is 1.52 bits per heavy atom. The molecule has 9 aromatic carbocycles. The lowest BCUT2D eigenvalue weighted by molar-refractivity contribution is 1.33. The minimum atomic E-state index is 0.984. The fourth-order valence-electron chi connectivity index (χ4n) is 7.96. The zero-order valence-electron chi connectivity index (χ0n) is 26.2. The minimum Gasteiger partial charge on any atom is -0.256 e. The van der Waals surface area contributed by atoms with E-state index in [1.54, 1.807) is 0 Å². The molecule has 0 aliphatic carbocycles. The van der Waals surface area contributed by atoms with Crippen molar-refractivity contribution < 1.29 is 0 Å². The molecule has 0 saturated heterocycles. The molecular formula is C47H29N. The smallest absolute Gasteiger partial charge is 0.0702 e. The van der Waals surface area contributed by atoms with Gasteiger partial charge in [-0.25, -0.2) is 0 Å². The van der Waals surface area contributed by atoms with Crippen molar-refractivity contribution in [1.29, 1.82) is 0 Å². The van der Waals surface area contributed by atoms with Gasteiger partial charge in [-0.05, 0) is 117 Å². The van der Waals surface area contributed by atoms with Gasteiger partial charge in [0.05, 0.1) is 5.69 Å². The van der Waals surface area contributed by atoms with E-state index in [0.29, 0.717) is 0 Å². The average molecular weight is 608 g/mol. The maximum Gasteiger partial charge on any atom is 0.0702 e. The summed E-state index contributed by atoms with van der Waals surface area (Å²) in [6.07, 6.45) is 1.87. The third kappa shape index (κ3) is 4.01. The Balaban J connectivity index is 1.47. The first-order valence-electron chi connectivity index (χ1n) is 16.5. The van der Waals surface area contributed by atoms with Crippen molar-refractivity contribution in [2.24, 2.45) is 0 Å². The summed E-state index contributed by atoms with van der Waals surface area (Å²) in [4.78, 5) is 4.70. The highest BCUT2D eigenvalue weighted by Gasteiger charge is 2.20. The Labute approximate surface area is 278 Å². The monoisotopic (exact) mass is 607 g/mol. The minimum absolute atomic E-state index is 0.984. The number of aromatic nitrogens is 1. The summed E-state index contributed by atoms with van der Waals surface area (Å²) in [6, 6.07) is 62.1. The third-order valence-corrected chi connectivity index (χ3v) is 10.0. The molecule has 1 nitrogen and oxygen atoms in total. The summed E-state index contributed by atoms with van der Waals surface area (Å²) >= 11 is 0. The van der Waals surface area contributed by atoms with Gasteiger partial charge < -0.3 is 0 Å².